The number of halogens is 1. The Bertz CT molecular complexity index is 803. The summed E-state index contributed by atoms with van der Waals surface area (Å²) in [6.07, 6.45) is 4.57. The second-order valence-corrected chi connectivity index (χ2v) is 6.58. The van der Waals surface area contributed by atoms with Crippen LogP contribution in [0.4, 0.5) is 0 Å². The third-order valence-corrected chi connectivity index (χ3v) is 4.64. The van der Waals surface area contributed by atoms with Crippen molar-refractivity contribution in [3.05, 3.63) is 70.5 Å². The summed E-state index contributed by atoms with van der Waals surface area (Å²) in [6, 6.07) is 11.5. The number of thiazole rings is 1. The van der Waals surface area contributed by atoms with Crippen LogP contribution in [0.3, 0.4) is 0 Å². The van der Waals surface area contributed by atoms with Gasteiger partial charge >= 0.3 is 0 Å². The number of carbonyl (C=O) groups excluding carboxylic acids is 1. The van der Waals surface area contributed by atoms with Crippen molar-refractivity contribution in [3.8, 4) is 10.6 Å². The van der Waals surface area contributed by atoms with Crippen molar-refractivity contribution in [2.45, 2.75) is 12.8 Å². The molecule has 6 heteroatoms. The standard InChI is InChI=1S/C18H16ClN3OS/c19-15-5-3-13(4-6-15)7-9-21-17(23)10-16-12-24-18(22-16)14-2-1-8-20-11-14/h1-6,8,11-12H,7,9-10H2,(H,21,23). The summed E-state index contributed by atoms with van der Waals surface area (Å²) in [4.78, 5) is 20.6. The maximum Gasteiger partial charge on any atom is 0.226 e. The van der Waals surface area contributed by atoms with E-state index in [9.17, 15) is 4.79 Å². The van der Waals surface area contributed by atoms with E-state index in [1.165, 1.54) is 11.3 Å². The lowest BCUT2D eigenvalue weighted by Crippen LogP contribution is -2.27. The van der Waals surface area contributed by atoms with Crippen LogP contribution in [-0.4, -0.2) is 22.4 Å². The first-order valence-corrected chi connectivity index (χ1v) is 8.82. The number of benzene rings is 1. The zero-order valence-corrected chi connectivity index (χ0v) is 14.5. The lowest BCUT2D eigenvalue weighted by atomic mass is 10.1. The Morgan fingerprint density at radius 3 is 2.79 bits per heavy atom. The van der Waals surface area contributed by atoms with E-state index < -0.39 is 0 Å². The molecule has 0 bridgehead atoms. The lowest BCUT2D eigenvalue weighted by molar-refractivity contribution is -0.120. The summed E-state index contributed by atoms with van der Waals surface area (Å²) < 4.78 is 0. The molecule has 1 aromatic carbocycles. The van der Waals surface area contributed by atoms with E-state index in [4.69, 9.17) is 11.6 Å². The van der Waals surface area contributed by atoms with Gasteiger partial charge in [-0.3, -0.25) is 9.78 Å². The van der Waals surface area contributed by atoms with Gasteiger partial charge < -0.3 is 5.32 Å². The van der Waals surface area contributed by atoms with Gasteiger partial charge in [-0.15, -0.1) is 11.3 Å². The van der Waals surface area contributed by atoms with Gasteiger partial charge in [0.15, 0.2) is 0 Å². The molecule has 0 unspecified atom stereocenters. The summed E-state index contributed by atoms with van der Waals surface area (Å²) >= 11 is 7.38. The Labute approximate surface area is 149 Å². The summed E-state index contributed by atoms with van der Waals surface area (Å²) in [6.45, 7) is 0.597. The van der Waals surface area contributed by atoms with E-state index in [2.05, 4.69) is 15.3 Å². The molecule has 0 aliphatic carbocycles. The van der Waals surface area contributed by atoms with Gasteiger partial charge in [0.05, 0.1) is 12.1 Å². The third kappa shape index (κ3) is 4.63. The molecule has 3 rings (SSSR count). The number of hydrogen-bond acceptors (Lipinski definition) is 4. The summed E-state index contributed by atoms with van der Waals surface area (Å²) in [5.74, 6) is -0.0213. The van der Waals surface area contributed by atoms with Crippen LogP contribution in [0.25, 0.3) is 10.6 Å². The Hall–Kier alpha value is -2.24. The molecule has 122 valence electrons. The van der Waals surface area contributed by atoms with E-state index in [1.807, 2.05) is 41.8 Å². The van der Waals surface area contributed by atoms with Crippen molar-refractivity contribution >= 4 is 28.8 Å². The van der Waals surface area contributed by atoms with Gasteiger partial charge in [-0.25, -0.2) is 4.98 Å². The van der Waals surface area contributed by atoms with Gasteiger partial charge in [0.1, 0.15) is 5.01 Å². The molecule has 0 atom stereocenters. The Morgan fingerprint density at radius 1 is 1.21 bits per heavy atom. The molecule has 24 heavy (non-hydrogen) atoms. The summed E-state index contributed by atoms with van der Waals surface area (Å²) in [7, 11) is 0. The zero-order chi connectivity index (χ0) is 16.8. The molecule has 1 amide bonds. The maximum atomic E-state index is 12.0. The van der Waals surface area contributed by atoms with Crippen LogP contribution < -0.4 is 5.32 Å². The second kappa shape index (κ2) is 8.04. The summed E-state index contributed by atoms with van der Waals surface area (Å²) in [5, 5.41) is 6.44. The zero-order valence-electron chi connectivity index (χ0n) is 12.9. The number of pyridine rings is 1. The minimum Gasteiger partial charge on any atom is -0.355 e. The normalized spacial score (nSPS) is 10.5. The van der Waals surface area contributed by atoms with Gasteiger partial charge in [0.25, 0.3) is 0 Å². The monoisotopic (exact) mass is 357 g/mol. The highest BCUT2D eigenvalue weighted by molar-refractivity contribution is 7.13. The molecule has 4 nitrogen and oxygen atoms in total. The number of rotatable bonds is 6. The maximum absolute atomic E-state index is 12.0. The molecule has 0 fully saturated rings. The highest BCUT2D eigenvalue weighted by atomic mass is 35.5. The molecule has 2 aromatic heterocycles. The number of amides is 1. The first-order valence-electron chi connectivity index (χ1n) is 7.56. The molecule has 2 heterocycles. The Balaban J connectivity index is 1.48. The molecule has 0 radical (unpaired) electrons. The van der Waals surface area contributed by atoms with E-state index in [0.717, 1.165) is 33.3 Å². The van der Waals surface area contributed by atoms with Gasteiger partial charge in [-0.1, -0.05) is 23.7 Å². The topological polar surface area (TPSA) is 54.9 Å². The number of hydrogen-bond donors (Lipinski definition) is 1. The molecule has 0 aliphatic rings. The minimum absolute atomic E-state index is 0.0213. The predicted molar refractivity (Wildman–Crippen MR) is 97.2 cm³/mol. The lowest BCUT2D eigenvalue weighted by Gasteiger charge is -2.04. The average molecular weight is 358 g/mol. The van der Waals surface area contributed by atoms with E-state index >= 15 is 0 Å². The van der Waals surface area contributed by atoms with Crippen molar-refractivity contribution in [1.82, 2.24) is 15.3 Å². The van der Waals surface area contributed by atoms with Crippen molar-refractivity contribution in [2.24, 2.45) is 0 Å². The fourth-order valence-electron chi connectivity index (χ4n) is 2.23. The van der Waals surface area contributed by atoms with Crippen LogP contribution in [0, 0.1) is 0 Å². The Kier molecular flexibility index (Phi) is 5.56. The smallest absolute Gasteiger partial charge is 0.226 e. The van der Waals surface area contributed by atoms with Gasteiger partial charge in [-0.05, 0) is 36.2 Å². The molecule has 0 aliphatic heterocycles. The van der Waals surface area contributed by atoms with Crippen LogP contribution in [-0.2, 0) is 17.6 Å². The minimum atomic E-state index is -0.0213. The molecule has 0 spiro atoms. The largest absolute Gasteiger partial charge is 0.355 e. The molecule has 0 saturated carbocycles. The highest BCUT2D eigenvalue weighted by Crippen LogP contribution is 2.22. The first-order chi connectivity index (χ1) is 11.7. The number of carbonyl (C=O) groups is 1. The van der Waals surface area contributed by atoms with E-state index in [-0.39, 0.29) is 12.3 Å². The Morgan fingerprint density at radius 2 is 2.04 bits per heavy atom. The number of nitrogens with zero attached hydrogens (tertiary/aromatic N) is 2. The highest BCUT2D eigenvalue weighted by Gasteiger charge is 2.09. The van der Waals surface area contributed by atoms with E-state index in [0.29, 0.717) is 6.54 Å². The van der Waals surface area contributed by atoms with Crippen molar-refractivity contribution < 1.29 is 4.79 Å². The quantitative estimate of drug-likeness (QED) is 0.730. The summed E-state index contributed by atoms with van der Waals surface area (Å²) in [5.41, 5.74) is 2.90. The van der Waals surface area contributed by atoms with Gasteiger partial charge in [0.2, 0.25) is 5.91 Å². The fraction of sp³-hybridized carbons (Fsp3) is 0.167. The van der Waals surface area contributed by atoms with Gasteiger partial charge in [-0.2, -0.15) is 0 Å². The van der Waals surface area contributed by atoms with Crippen LogP contribution in [0.5, 0.6) is 0 Å². The van der Waals surface area contributed by atoms with Crippen molar-refractivity contribution in [1.29, 1.82) is 0 Å². The van der Waals surface area contributed by atoms with Crippen molar-refractivity contribution in [2.75, 3.05) is 6.54 Å². The second-order valence-electron chi connectivity index (χ2n) is 5.29. The number of nitrogens with one attached hydrogen (secondary N) is 1. The SMILES string of the molecule is O=C(Cc1csc(-c2cccnc2)n1)NCCc1ccc(Cl)cc1. The molecular weight excluding hydrogens is 342 g/mol. The number of aromatic nitrogens is 2. The van der Waals surface area contributed by atoms with Crippen molar-refractivity contribution in [3.63, 3.8) is 0 Å². The van der Waals surface area contributed by atoms with E-state index in [1.54, 1.807) is 12.4 Å². The molecule has 3 aromatic rings. The van der Waals surface area contributed by atoms with Gasteiger partial charge in [0, 0.05) is 34.9 Å². The average Bonchev–Trinajstić information content (AvgIpc) is 3.06. The molecule has 0 saturated heterocycles. The first kappa shape index (κ1) is 16.6. The van der Waals surface area contributed by atoms with Crippen LogP contribution >= 0.6 is 22.9 Å². The molecular formula is C18H16ClN3OS. The van der Waals surface area contributed by atoms with Crippen LogP contribution in [0.1, 0.15) is 11.3 Å². The van der Waals surface area contributed by atoms with Crippen LogP contribution in [0.15, 0.2) is 54.2 Å². The fourth-order valence-corrected chi connectivity index (χ4v) is 3.17. The van der Waals surface area contributed by atoms with Crippen LogP contribution in [0.2, 0.25) is 5.02 Å². The molecule has 1 N–H and O–H groups in total. The third-order valence-electron chi connectivity index (χ3n) is 3.45. The predicted octanol–water partition coefficient (Wildman–Crippen LogP) is 3.76.